The van der Waals surface area contributed by atoms with Gasteiger partial charge in [-0.3, -0.25) is 0 Å². The van der Waals surface area contributed by atoms with Crippen molar-refractivity contribution in [2.24, 2.45) is 5.73 Å². The SMILES string of the molecule is NCCCc1csc(C2CCSC2)n1. The lowest BCUT2D eigenvalue weighted by Crippen LogP contribution is -2.01. The fourth-order valence-corrected chi connectivity index (χ4v) is 3.96. The van der Waals surface area contributed by atoms with Gasteiger partial charge < -0.3 is 5.73 Å². The van der Waals surface area contributed by atoms with E-state index in [0.717, 1.165) is 25.3 Å². The first-order chi connectivity index (χ1) is 6.90. The quantitative estimate of drug-likeness (QED) is 0.859. The normalized spacial score (nSPS) is 21.6. The maximum absolute atomic E-state index is 5.48. The third-order valence-corrected chi connectivity index (χ3v) is 4.70. The Morgan fingerprint density at radius 3 is 3.21 bits per heavy atom. The van der Waals surface area contributed by atoms with E-state index < -0.39 is 0 Å². The molecular weight excluding hydrogens is 212 g/mol. The molecule has 2 nitrogen and oxygen atoms in total. The van der Waals surface area contributed by atoms with Gasteiger partial charge in [0, 0.05) is 17.1 Å². The Morgan fingerprint density at radius 2 is 2.50 bits per heavy atom. The van der Waals surface area contributed by atoms with Crippen molar-refractivity contribution in [3.8, 4) is 0 Å². The number of hydrogen-bond donors (Lipinski definition) is 1. The van der Waals surface area contributed by atoms with Gasteiger partial charge in [0.25, 0.3) is 0 Å². The zero-order chi connectivity index (χ0) is 9.80. The largest absolute Gasteiger partial charge is 0.330 e. The highest BCUT2D eigenvalue weighted by Crippen LogP contribution is 2.33. The van der Waals surface area contributed by atoms with Crippen molar-refractivity contribution in [2.75, 3.05) is 18.1 Å². The number of nitrogens with zero attached hydrogens (tertiary/aromatic N) is 1. The lowest BCUT2D eigenvalue weighted by molar-refractivity contribution is 0.755. The Hall–Kier alpha value is -0.0600. The van der Waals surface area contributed by atoms with E-state index in [1.807, 2.05) is 11.3 Å². The number of aryl methyl sites for hydroxylation is 1. The van der Waals surface area contributed by atoms with E-state index >= 15 is 0 Å². The summed E-state index contributed by atoms with van der Waals surface area (Å²) < 4.78 is 0. The molecule has 2 N–H and O–H groups in total. The molecule has 0 radical (unpaired) electrons. The molecule has 1 atom stereocenters. The van der Waals surface area contributed by atoms with E-state index in [0.29, 0.717) is 0 Å². The smallest absolute Gasteiger partial charge is 0.0967 e. The molecule has 1 aromatic rings. The molecule has 78 valence electrons. The summed E-state index contributed by atoms with van der Waals surface area (Å²) in [7, 11) is 0. The molecule has 1 aliphatic rings. The minimum atomic E-state index is 0.733. The van der Waals surface area contributed by atoms with Gasteiger partial charge in [0.1, 0.15) is 0 Å². The molecule has 1 aromatic heterocycles. The van der Waals surface area contributed by atoms with Crippen LogP contribution in [-0.2, 0) is 6.42 Å². The van der Waals surface area contributed by atoms with Crippen molar-refractivity contribution in [2.45, 2.75) is 25.2 Å². The average Bonchev–Trinajstić information content (AvgIpc) is 2.85. The molecule has 0 spiro atoms. The predicted molar refractivity (Wildman–Crippen MR) is 64.2 cm³/mol. The summed E-state index contributed by atoms with van der Waals surface area (Å²) in [5, 5.41) is 3.55. The maximum atomic E-state index is 5.48. The molecule has 1 saturated heterocycles. The molecular formula is C10H16N2S2. The summed E-state index contributed by atoms with van der Waals surface area (Å²) in [6.07, 6.45) is 3.42. The number of thioether (sulfide) groups is 1. The van der Waals surface area contributed by atoms with Gasteiger partial charge >= 0.3 is 0 Å². The number of nitrogens with two attached hydrogens (primary N) is 1. The van der Waals surface area contributed by atoms with Gasteiger partial charge in [-0.1, -0.05) is 0 Å². The highest BCUT2D eigenvalue weighted by atomic mass is 32.2. The van der Waals surface area contributed by atoms with Crippen LogP contribution in [0.4, 0.5) is 0 Å². The Labute approximate surface area is 93.3 Å². The molecule has 2 rings (SSSR count). The van der Waals surface area contributed by atoms with Gasteiger partial charge in [-0.05, 0) is 31.6 Å². The molecule has 0 aromatic carbocycles. The zero-order valence-electron chi connectivity index (χ0n) is 8.24. The van der Waals surface area contributed by atoms with Gasteiger partial charge in [-0.2, -0.15) is 11.8 Å². The first kappa shape index (κ1) is 10.5. The van der Waals surface area contributed by atoms with E-state index in [4.69, 9.17) is 5.73 Å². The van der Waals surface area contributed by atoms with Crippen LogP contribution in [0.25, 0.3) is 0 Å². The highest BCUT2D eigenvalue weighted by Gasteiger charge is 2.20. The summed E-state index contributed by atoms with van der Waals surface area (Å²) in [5.41, 5.74) is 6.72. The Morgan fingerprint density at radius 1 is 1.57 bits per heavy atom. The van der Waals surface area contributed by atoms with Crippen LogP contribution in [-0.4, -0.2) is 23.0 Å². The predicted octanol–water partition coefficient (Wildman–Crippen LogP) is 2.25. The van der Waals surface area contributed by atoms with Crippen molar-refractivity contribution in [3.63, 3.8) is 0 Å². The van der Waals surface area contributed by atoms with Crippen LogP contribution < -0.4 is 5.73 Å². The standard InChI is InChI=1S/C10H16N2S2/c11-4-1-2-9-7-14-10(12-9)8-3-5-13-6-8/h7-8H,1-6,11H2. The van der Waals surface area contributed by atoms with Crippen LogP contribution in [0.5, 0.6) is 0 Å². The van der Waals surface area contributed by atoms with Crippen LogP contribution in [0.1, 0.15) is 29.5 Å². The summed E-state index contributed by atoms with van der Waals surface area (Å²) in [5.74, 6) is 3.31. The van der Waals surface area contributed by atoms with Crippen molar-refractivity contribution in [1.29, 1.82) is 0 Å². The molecule has 2 heterocycles. The van der Waals surface area contributed by atoms with Crippen molar-refractivity contribution in [1.82, 2.24) is 4.98 Å². The van der Waals surface area contributed by atoms with Gasteiger partial charge in [0.05, 0.1) is 10.7 Å². The fourth-order valence-electron chi connectivity index (χ4n) is 1.64. The minimum absolute atomic E-state index is 0.733. The third kappa shape index (κ3) is 2.49. The maximum Gasteiger partial charge on any atom is 0.0967 e. The molecule has 0 saturated carbocycles. The average molecular weight is 228 g/mol. The van der Waals surface area contributed by atoms with E-state index in [2.05, 4.69) is 22.1 Å². The van der Waals surface area contributed by atoms with Gasteiger partial charge in [-0.15, -0.1) is 11.3 Å². The molecule has 1 aliphatic heterocycles. The zero-order valence-corrected chi connectivity index (χ0v) is 9.87. The van der Waals surface area contributed by atoms with Crippen LogP contribution in [0, 0.1) is 0 Å². The van der Waals surface area contributed by atoms with Crippen molar-refractivity contribution >= 4 is 23.1 Å². The second-order valence-electron chi connectivity index (χ2n) is 3.63. The van der Waals surface area contributed by atoms with E-state index in [-0.39, 0.29) is 0 Å². The van der Waals surface area contributed by atoms with Crippen LogP contribution in [0.2, 0.25) is 0 Å². The lowest BCUT2D eigenvalue weighted by Gasteiger charge is -2.01. The van der Waals surface area contributed by atoms with E-state index in [9.17, 15) is 0 Å². The lowest BCUT2D eigenvalue weighted by atomic mass is 10.1. The highest BCUT2D eigenvalue weighted by molar-refractivity contribution is 7.99. The summed E-state index contributed by atoms with van der Waals surface area (Å²) >= 11 is 3.88. The van der Waals surface area contributed by atoms with Crippen LogP contribution in [0.3, 0.4) is 0 Å². The van der Waals surface area contributed by atoms with Crippen LogP contribution >= 0.6 is 23.1 Å². The minimum Gasteiger partial charge on any atom is -0.330 e. The molecule has 0 bridgehead atoms. The first-order valence-corrected chi connectivity index (χ1v) is 7.15. The molecule has 1 unspecified atom stereocenters. The second-order valence-corrected chi connectivity index (χ2v) is 5.67. The van der Waals surface area contributed by atoms with Gasteiger partial charge in [-0.25, -0.2) is 4.98 Å². The fraction of sp³-hybridized carbons (Fsp3) is 0.700. The van der Waals surface area contributed by atoms with Crippen molar-refractivity contribution in [3.05, 3.63) is 16.1 Å². The monoisotopic (exact) mass is 228 g/mol. The molecule has 1 fully saturated rings. The first-order valence-electron chi connectivity index (χ1n) is 5.12. The Kier molecular flexibility index (Phi) is 3.84. The molecule has 0 aliphatic carbocycles. The van der Waals surface area contributed by atoms with Crippen LogP contribution in [0.15, 0.2) is 5.38 Å². The van der Waals surface area contributed by atoms with E-state index in [1.54, 1.807) is 0 Å². The molecule has 4 heteroatoms. The topological polar surface area (TPSA) is 38.9 Å². The van der Waals surface area contributed by atoms with Gasteiger partial charge in [0.2, 0.25) is 0 Å². The van der Waals surface area contributed by atoms with E-state index in [1.165, 1.54) is 28.6 Å². The number of thiazole rings is 1. The van der Waals surface area contributed by atoms with Gasteiger partial charge in [0.15, 0.2) is 0 Å². The Bertz CT molecular complexity index is 279. The number of aromatic nitrogens is 1. The third-order valence-electron chi connectivity index (χ3n) is 2.49. The number of hydrogen-bond acceptors (Lipinski definition) is 4. The van der Waals surface area contributed by atoms with Crippen molar-refractivity contribution < 1.29 is 0 Å². The second kappa shape index (κ2) is 5.14. The summed E-state index contributed by atoms with van der Waals surface area (Å²) in [6.45, 7) is 0.770. The summed E-state index contributed by atoms with van der Waals surface area (Å²) in [4.78, 5) is 4.68. The summed E-state index contributed by atoms with van der Waals surface area (Å²) in [6, 6.07) is 0. The molecule has 14 heavy (non-hydrogen) atoms. The number of rotatable bonds is 4. The Balaban J connectivity index is 1.94. The molecule has 0 amide bonds.